The van der Waals surface area contributed by atoms with E-state index in [2.05, 4.69) is 0 Å². The smallest absolute Gasteiger partial charge is 0.374 e. The Labute approximate surface area is 211 Å². The standard InChI is InChI=1S/C20H23O5PSi2.6CH4/c1-27(22,19-14-8-4-9-15-19)24-26(21,18-12-6-3-7-13-18)25-28(2,23)20-16-10-5-11-17-20;;;;;;/h3-17,22-23H,1-2H3;6*1H4. The molecule has 0 aromatic heterocycles. The molecule has 0 amide bonds. The van der Waals surface area contributed by atoms with Crippen molar-refractivity contribution in [3.63, 3.8) is 0 Å². The predicted molar refractivity (Wildman–Crippen MR) is 156 cm³/mol. The summed E-state index contributed by atoms with van der Waals surface area (Å²) in [5.41, 5.74) is 0. The number of hydrogen-bond donors (Lipinski definition) is 2. The van der Waals surface area contributed by atoms with Crippen molar-refractivity contribution in [1.82, 2.24) is 0 Å². The van der Waals surface area contributed by atoms with Gasteiger partial charge in [-0.1, -0.05) is 123 Å². The molecule has 3 rings (SSSR count). The highest BCUT2D eigenvalue weighted by Crippen LogP contribution is 2.50. The first-order valence-electron chi connectivity index (χ1n) is 8.86. The molecule has 0 aliphatic rings. The molecule has 0 fully saturated rings. The zero-order valence-corrected chi connectivity index (χ0v) is 18.6. The fraction of sp³-hybridized carbons (Fsp3) is 0.308. The first kappa shape index (κ1) is 39.4. The van der Waals surface area contributed by atoms with Crippen LogP contribution in [0.1, 0.15) is 44.6 Å². The summed E-state index contributed by atoms with van der Waals surface area (Å²) in [7, 11) is -11.2. The maximum Gasteiger partial charge on any atom is 0.374 e. The number of rotatable bonds is 7. The van der Waals surface area contributed by atoms with Crippen molar-refractivity contribution in [2.75, 3.05) is 0 Å². The average Bonchev–Trinajstić information content (AvgIpc) is 2.69. The van der Waals surface area contributed by atoms with Gasteiger partial charge in [-0.05, 0) is 35.6 Å². The van der Waals surface area contributed by atoms with E-state index in [4.69, 9.17) is 8.43 Å². The quantitative estimate of drug-likeness (QED) is 0.279. The molecule has 0 saturated heterocycles. The molecule has 0 heterocycles. The van der Waals surface area contributed by atoms with Crippen LogP contribution in [0.5, 0.6) is 0 Å². The van der Waals surface area contributed by atoms with Gasteiger partial charge < -0.3 is 18.0 Å². The molecule has 5 nitrogen and oxygen atoms in total. The SMILES string of the molecule is C.C.C.C.C.C.C[Si](O)(OP(=O)(O[Si](C)(O)c1ccccc1)c1ccccc1)c1ccccc1. The molecule has 8 heteroatoms. The molecule has 0 aliphatic heterocycles. The fourth-order valence-corrected chi connectivity index (χ4v) is 10.9. The van der Waals surface area contributed by atoms with Gasteiger partial charge in [-0.2, -0.15) is 0 Å². The van der Waals surface area contributed by atoms with E-state index in [0.29, 0.717) is 15.7 Å². The van der Waals surface area contributed by atoms with Gasteiger partial charge in [0.15, 0.2) is 0 Å². The molecular weight excluding hydrogens is 479 g/mol. The first-order chi connectivity index (χ1) is 13.2. The Morgan fingerprint density at radius 1 is 0.559 bits per heavy atom. The van der Waals surface area contributed by atoms with Crippen LogP contribution in [0.15, 0.2) is 91.0 Å². The summed E-state index contributed by atoms with van der Waals surface area (Å²) in [5.74, 6) is 0. The van der Waals surface area contributed by atoms with Crippen molar-refractivity contribution in [1.29, 1.82) is 0 Å². The van der Waals surface area contributed by atoms with Crippen LogP contribution in [-0.2, 0) is 13.0 Å². The Hall–Kier alpha value is -1.84. The highest BCUT2D eigenvalue weighted by molar-refractivity contribution is 7.65. The van der Waals surface area contributed by atoms with E-state index in [1.54, 1.807) is 92.0 Å². The van der Waals surface area contributed by atoms with Crippen LogP contribution in [0.2, 0.25) is 13.1 Å². The minimum Gasteiger partial charge on any atom is -0.407 e. The normalized spacial score (nSPS) is 14.7. The van der Waals surface area contributed by atoms with E-state index in [0.717, 1.165) is 0 Å². The fourth-order valence-electron chi connectivity index (χ4n) is 2.80. The summed E-state index contributed by atoms with van der Waals surface area (Å²) in [4.78, 5) is 22.1. The van der Waals surface area contributed by atoms with Gasteiger partial charge in [0, 0.05) is 0 Å². The summed E-state index contributed by atoms with van der Waals surface area (Å²) >= 11 is 0. The van der Waals surface area contributed by atoms with Gasteiger partial charge in [0.2, 0.25) is 0 Å². The van der Waals surface area contributed by atoms with E-state index < -0.39 is 24.7 Å². The second-order valence-electron chi connectivity index (χ2n) is 6.71. The van der Waals surface area contributed by atoms with E-state index in [1.165, 1.54) is 0 Å². The predicted octanol–water partition coefficient (Wildman–Crippen LogP) is 6.30. The van der Waals surface area contributed by atoms with Gasteiger partial charge >= 0.3 is 24.7 Å². The summed E-state index contributed by atoms with van der Waals surface area (Å²) in [6, 6.07) is 26.1. The largest absolute Gasteiger partial charge is 0.407 e. The summed E-state index contributed by atoms with van der Waals surface area (Å²) in [6.07, 6.45) is 0. The zero-order valence-electron chi connectivity index (χ0n) is 15.7. The molecule has 0 aliphatic carbocycles. The third-order valence-electron chi connectivity index (χ3n) is 4.29. The van der Waals surface area contributed by atoms with Crippen molar-refractivity contribution in [3.05, 3.63) is 91.0 Å². The van der Waals surface area contributed by atoms with E-state index in [9.17, 15) is 14.2 Å². The monoisotopic (exact) mass is 526 g/mol. The molecule has 0 spiro atoms. The lowest BCUT2D eigenvalue weighted by molar-refractivity contribution is 0.319. The Balaban J connectivity index is -0.000000750. The maximum atomic E-state index is 13.9. The third-order valence-corrected chi connectivity index (χ3v) is 12.8. The highest BCUT2D eigenvalue weighted by Gasteiger charge is 2.46. The molecule has 3 aromatic rings. The summed E-state index contributed by atoms with van der Waals surface area (Å²) in [5, 5.41) is 1.42. The number of benzene rings is 3. The van der Waals surface area contributed by atoms with Gasteiger partial charge in [-0.15, -0.1) is 0 Å². The minimum atomic E-state index is -4.02. The lowest BCUT2D eigenvalue weighted by Gasteiger charge is -2.32. The average molecular weight is 527 g/mol. The number of hydrogen-bond acceptors (Lipinski definition) is 5. The van der Waals surface area contributed by atoms with Crippen molar-refractivity contribution < 1.29 is 22.6 Å². The minimum absolute atomic E-state index is 0. The lowest BCUT2D eigenvalue weighted by atomic mass is 10.4. The molecule has 2 N–H and O–H groups in total. The van der Waals surface area contributed by atoms with Crippen LogP contribution in [-0.4, -0.2) is 26.7 Å². The molecule has 194 valence electrons. The van der Waals surface area contributed by atoms with Gasteiger partial charge in [0.25, 0.3) is 0 Å². The van der Waals surface area contributed by atoms with Crippen LogP contribution in [0.25, 0.3) is 0 Å². The van der Waals surface area contributed by atoms with Crippen molar-refractivity contribution in [2.45, 2.75) is 57.7 Å². The van der Waals surface area contributed by atoms with Crippen LogP contribution in [0.4, 0.5) is 0 Å². The first-order valence-corrected chi connectivity index (χ1v) is 15.1. The van der Waals surface area contributed by atoms with E-state index >= 15 is 0 Å². The van der Waals surface area contributed by atoms with Crippen molar-refractivity contribution >= 4 is 40.4 Å². The van der Waals surface area contributed by atoms with Gasteiger partial charge in [0.05, 0.1) is 5.30 Å². The van der Waals surface area contributed by atoms with Crippen LogP contribution in [0.3, 0.4) is 0 Å². The van der Waals surface area contributed by atoms with Crippen molar-refractivity contribution in [3.8, 4) is 0 Å². The molecular formula is C26H47O5PSi2. The lowest BCUT2D eigenvalue weighted by Crippen LogP contribution is -2.52. The Bertz CT molecular complexity index is 895. The Morgan fingerprint density at radius 3 is 1.12 bits per heavy atom. The van der Waals surface area contributed by atoms with Crippen molar-refractivity contribution in [2.24, 2.45) is 0 Å². The van der Waals surface area contributed by atoms with Gasteiger partial charge in [-0.25, -0.2) is 0 Å². The zero-order chi connectivity index (χ0) is 20.3. The second-order valence-corrected chi connectivity index (χ2v) is 14.8. The third kappa shape index (κ3) is 9.43. The van der Waals surface area contributed by atoms with Gasteiger partial charge in [0.1, 0.15) is 0 Å². The summed E-state index contributed by atoms with van der Waals surface area (Å²) in [6.45, 7) is 3.08. The van der Waals surface area contributed by atoms with Gasteiger partial charge in [-0.3, -0.25) is 4.57 Å². The summed E-state index contributed by atoms with van der Waals surface area (Å²) < 4.78 is 25.6. The molecule has 2 atom stereocenters. The second kappa shape index (κ2) is 15.9. The van der Waals surface area contributed by atoms with E-state index in [1.807, 2.05) is 12.1 Å². The van der Waals surface area contributed by atoms with Crippen LogP contribution >= 0.6 is 7.60 Å². The molecule has 0 radical (unpaired) electrons. The molecule has 0 saturated carbocycles. The topological polar surface area (TPSA) is 76.0 Å². The molecule has 2 unspecified atom stereocenters. The Morgan fingerprint density at radius 2 is 0.824 bits per heavy atom. The van der Waals surface area contributed by atoms with E-state index in [-0.39, 0.29) is 44.6 Å². The maximum absolute atomic E-state index is 13.9. The van der Waals surface area contributed by atoms with Crippen LogP contribution in [0, 0.1) is 0 Å². The molecule has 34 heavy (non-hydrogen) atoms. The Kier molecular flexibility index (Phi) is 18.5. The molecule has 3 aromatic carbocycles. The van der Waals surface area contributed by atoms with Crippen LogP contribution < -0.4 is 15.7 Å². The molecule has 0 bridgehead atoms. The highest BCUT2D eigenvalue weighted by atomic mass is 31.2.